The summed E-state index contributed by atoms with van der Waals surface area (Å²) in [6.45, 7) is 2.04. The fourth-order valence-corrected chi connectivity index (χ4v) is 1.84. The molecule has 0 aliphatic carbocycles. The van der Waals surface area contributed by atoms with E-state index in [1.165, 1.54) is 11.1 Å². The zero-order chi connectivity index (χ0) is 12.8. The van der Waals surface area contributed by atoms with Crippen LogP contribution in [0.2, 0.25) is 0 Å². The van der Waals surface area contributed by atoms with Gasteiger partial charge in [0.1, 0.15) is 6.29 Å². The number of aromatic nitrogens is 2. The van der Waals surface area contributed by atoms with Crippen LogP contribution in [-0.4, -0.2) is 16.3 Å². The van der Waals surface area contributed by atoms with E-state index in [9.17, 15) is 4.79 Å². The summed E-state index contributed by atoms with van der Waals surface area (Å²) in [6.07, 6.45) is 6.96. The lowest BCUT2D eigenvalue weighted by Crippen LogP contribution is -1.92. The summed E-state index contributed by atoms with van der Waals surface area (Å²) in [7, 11) is 0. The SMILES string of the molecule is Cc1ccnc(-c2cc(CCCC=O)ccn2)c1. The normalized spacial score (nSPS) is 10.3. The maximum atomic E-state index is 10.3. The van der Waals surface area contributed by atoms with Crippen LogP contribution in [-0.2, 0) is 11.2 Å². The smallest absolute Gasteiger partial charge is 0.120 e. The van der Waals surface area contributed by atoms with Crippen LogP contribution in [0.5, 0.6) is 0 Å². The molecule has 0 unspecified atom stereocenters. The van der Waals surface area contributed by atoms with Crippen molar-refractivity contribution >= 4 is 6.29 Å². The minimum absolute atomic E-state index is 0.611. The second kappa shape index (κ2) is 6.05. The first kappa shape index (κ1) is 12.4. The summed E-state index contributed by atoms with van der Waals surface area (Å²) < 4.78 is 0. The van der Waals surface area contributed by atoms with Gasteiger partial charge in [0.25, 0.3) is 0 Å². The molecule has 0 aliphatic rings. The van der Waals surface area contributed by atoms with E-state index < -0.39 is 0 Å². The molecule has 0 spiro atoms. The van der Waals surface area contributed by atoms with E-state index >= 15 is 0 Å². The lowest BCUT2D eigenvalue weighted by molar-refractivity contribution is -0.107. The van der Waals surface area contributed by atoms with Gasteiger partial charge in [-0.3, -0.25) is 9.97 Å². The largest absolute Gasteiger partial charge is 0.303 e. The van der Waals surface area contributed by atoms with E-state index in [0.717, 1.165) is 30.5 Å². The van der Waals surface area contributed by atoms with Crippen molar-refractivity contribution in [3.63, 3.8) is 0 Å². The molecule has 0 aromatic carbocycles. The number of carbonyl (C=O) groups is 1. The first-order chi connectivity index (χ1) is 8.79. The lowest BCUT2D eigenvalue weighted by atomic mass is 10.1. The van der Waals surface area contributed by atoms with Crippen molar-refractivity contribution in [1.29, 1.82) is 0 Å². The van der Waals surface area contributed by atoms with Gasteiger partial charge in [0, 0.05) is 18.8 Å². The molecule has 0 saturated carbocycles. The highest BCUT2D eigenvalue weighted by Gasteiger charge is 2.02. The molecule has 2 aromatic rings. The summed E-state index contributed by atoms with van der Waals surface area (Å²) in [4.78, 5) is 19.0. The zero-order valence-corrected chi connectivity index (χ0v) is 10.5. The van der Waals surface area contributed by atoms with E-state index in [2.05, 4.69) is 9.97 Å². The van der Waals surface area contributed by atoms with Gasteiger partial charge in [0.05, 0.1) is 11.4 Å². The second-order valence-corrected chi connectivity index (χ2v) is 4.33. The first-order valence-corrected chi connectivity index (χ1v) is 6.11. The van der Waals surface area contributed by atoms with Gasteiger partial charge in [-0.05, 0) is 55.2 Å². The van der Waals surface area contributed by atoms with Crippen molar-refractivity contribution in [3.8, 4) is 11.4 Å². The number of pyridine rings is 2. The number of aldehydes is 1. The highest BCUT2D eigenvalue weighted by molar-refractivity contribution is 5.55. The van der Waals surface area contributed by atoms with Gasteiger partial charge in [-0.2, -0.15) is 0 Å². The average Bonchev–Trinajstić information content (AvgIpc) is 2.39. The highest BCUT2D eigenvalue weighted by Crippen LogP contribution is 2.17. The number of carbonyl (C=O) groups excluding carboxylic acids is 1. The minimum atomic E-state index is 0.611. The molecule has 0 radical (unpaired) electrons. The van der Waals surface area contributed by atoms with Crippen molar-refractivity contribution in [1.82, 2.24) is 9.97 Å². The Labute approximate surface area is 107 Å². The van der Waals surface area contributed by atoms with Gasteiger partial charge >= 0.3 is 0 Å². The summed E-state index contributed by atoms with van der Waals surface area (Å²) in [6, 6.07) is 8.03. The lowest BCUT2D eigenvalue weighted by Gasteiger charge is -2.04. The predicted molar refractivity (Wildman–Crippen MR) is 71.2 cm³/mol. The van der Waals surface area contributed by atoms with Crippen LogP contribution in [0.4, 0.5) is 0 Å². The molecular formula is C15H16N2O. The Morgan fingerprint density at radius 3 is 2.56 bits per heavy atom. The number of hydrogen-bond donors (Lipinski definition) is 0. The van der Waals surface area contributed by atoms with Crippen molar-refractivity contribution in [2.45, 2.75) is 26.2 Å². The van der Waals surface area contributed by atoms with Crippen molar-refractivity contribution in [2.24, 2.45) is 0 Å². The third-order valence-corrected chi connectivity index (χ3v) is 2.79. The Kier molecular flexibility index (Phi) is 4.18. The molecule has 2 aromatic heterocycles. The van der Waals surface area contributed by atoms with E-state index in [0.29, 0.717) is 6.42 Å². The Morgan fingerprint density at radius 1 is 1.11 bits per heavy atom. The summed E-state index contributed by atoms with van der Waals surface area (Å²) in [5, 5.41) is 0. The van der Waals surface area contributed by atoms with Gasteiger partial charge in [-0.1, -0.05) is 0 Å². The van der Waals surface area contributed by atoms with Crippen LogP contribution in [0.15, 0.2) is 36.7 Å². The monoisotopic (exact) mass is 240 g/mol. The first-order valence-electron chi connectivity index (χ1n) is 6.11. The second-order valence-electron chi connectivity index (χ2n) is 4.33. The topological polar surface area (TPSA) is 42.9 Å². The molecule has 0 saturated heterocycles. The van der Waals surface area contributed by atoms with Crippen LogP contribution in [0, 0.1) is 6.92 Å². The molecule has 92 valence electrons. The van der Waals surface area contributed by atoms with E-state index in [4.69, 9.17) is 0 Å². The Hall–Kier alpha value is -2.03. The van der Waals surface area contributed by atoms with Crippen molar-refractivity contribution in [3.05, 3.63) is 47.8 Å². The zero-order valence-electron chi connectivity index (χ0n) is 10.5. The van der Waals surface area contributed by atoms with Crippen LogP contribution in [0.3, 0.4) is 0 Å². The third-order valence-electron chi connectivity index (χ3n) is 2.79. The molecule has 2 rings (SSSR count). The number of aryl methyl sites for hydroxylation is 2. The molecule has 18 heavy (non-hydrogen) atoms. The van der Waals surface area contributed by atoms with Gasteiger partial charge < -0.3 is 4.79 Å². The molecular weight excluding hydrogens is 224 g/mol. The highest BCUT2D eigenvalue weighted by atomic mass is 16.1. The molecule has 0 atom stereocenters. The average molecular weight is 240 g/mol. The third kappa shape index (κ3) is 3.23. The fraction of sp³-hybridized carbons (Fsp3) is 0.267. The maximum absolute atomic E-state index is 10.3. The van der Waals surface area contributed by atoms with E-state index in [1.54, 1.807) is 12.4 Å². The number of rotatable bonds is 5. The van der Waals surface area contributed by atoms with Crippen molar-refractivity contribution < 1.29 is 4.79 Å². The molecule has 3 nitrogen and oxygen atoms in total. The Morgan fingerprint density at radius 2 is 1.83 bits per heavy atom. The van der Waals surface area contributed by atoms with Gasteiger partial charge in [0.2, 0.25) is 0 Å². The van der Waals surface area contributed by atoms with Gasteiger partial charge in [-0.15, -0.1) is 0 Å². The number of hydrogen-bond acceptors (Lipinski definition) is 3. The fourth-order valence-electron chi connectivity index (χ4n) is 1.84. The van der Waals surface area contributed by atoms with Crippen molar-refractivity contribution in [2.75, 3.05) is 0 Å². The van der Waals surface area contributed by atoms with E-state index in [1.807, 2.05) is 31.2 Å². The van der Waals surface area contributed by atoms with Gasteiger partial charge in [0.15, 0.2) is 0 Å². The molecule has 0 aliphatic heterocycles. The molecule has 0 N–H and O–H groups in total. The predicted octanol–water partition coefficient (Wildman–Crippen LogP) is 2.97. The quantitative estimate of drug-likeness (QED) is 0.596. The molecule has 0 fully saturated rings. The minimum Gasteiger partial charge on any atom is -0.303 e. The Bertz CT molecular complexity index is 538. The Balaban J connectivity index is 2.18. The molecule has 2 heterocycles. The van der Waals surface area contributed by atoms with Gasteiger partial charge in [-0.25, -0.2) is 0 Å². The molecule has 0 bridgehead atoms. The van der Waals surface area contributed by atoms with Crippen LogP contribution in [0.1, 0.15) is 24.0 Å². The molecule has 0 amide bonds. The number of nitrogens with zero attached hydrogens (tertiary/aromatic N) is 2. The van der Waals surface area contributed by atoms with E-state index in [-0.39, 0.29) is 0 Å². The van der Waals surface area contributed by atoms with Crippen LogP contribution < -0.4 is 0 Å². The number of unbranched alkanes of at least 4 members (excludes halogenated alkanes) is 1. The summed E-state index contributed by atoms with van der Waals surface area (Å²) in [5.74, 6) is 0. The molecule has 3 heteroatoms. The summed E-state index contributed by atoms with van der Waals surface area (Å²) >= 11 is 0. The van der Waals surface area contributed by atoms with Crippen LogP contribution >= 0.6 is 0 Å². The van der Waals surface area contributed by atoms with Crippen LogP contribution in [0.25, 0.3) is 11.4 Å². The summed E-state index contributed by atoms with van der Waals surface area (Å²) in [5.41, 5.74) is 4.16. The maximum Gasteiger partial charge on any atom is 0.120 e. The standard InChI is InChI=1S/C15H16N2O/c1-12-5-7-16-14(10-12)15-11-13(6-8-17-15)4-2-3-9-18/h5-11H,2-4H2,1H3.